The van der Waals surface area contributed by atoms with Gasteiger partial charge in [-0.25, -0.2) is 19.3 Å². The van der Waals surface area contributed by atoms with E-state index < -0.39 is 5.82 Å². The Morgan fingerprint density at radius 2 is 1.94 bits per heavy atom. The SMILES string of the molecule is CN1CC2(CCC2)c2sc(-c3nc(Nc4ccc(N5CC6CC(C5)N6C)cn4)ncc3F)cc2C1=O. The smallest absolute Gasteiger partial charge is 0.254 e. The second kappa shape index (κ2) is 7.94. The largest absolute Gasteiger partial charge is 0.367 e. The van der Waals surface area contributed by atoms with Crippen LogP contribution in [0.1, 0.15) is 40.9 Å². The molecule has 0 radical (unpaired) electrons. The van der Waals surface area contributed by atoms with Gasteiger partial charge in [0, 0.05) is 49.1 Å². The van der Waals surface area contributed by atoms with Crippen LogP contribution in [-0.2, 0) is 5.41 Å². The fourth-order valence-electron chi connectivity index (χ4n) is 6.22. The van der Waals surface area contributed by atoms with Gasteiger partial charge in [-0.15, -0.1) is 11.3 Å². The third kappa shape index (κ3) is 3.34. The Balaban J connectivity index is 1.13. The predicted molar refractivity (Wildman–Crippen MR) is 137 cm³/mol. The number of carbonyl (C=O) groups is 1. The molecule has 4 fully saturated rings. The molecule has 3 aromatic rings. The van der Waals surface area contributed by atoms with Crippen molar-refractivity contribution < 1.29 is 9.18 Å². The lowest BCUT2D eigenvalue weighted by Crippen LogP contribution is -2.67. The van der Waals surface area contributed by atoms with Crippen molar-refractivity contribution in [2.75, 3.05) is 43.9 Å². The molecular weight excluding hydrogens is 477 g/mol. The molecule has 2 atom stereocenters. The summed E-state index contributed by atoms with van der Waals surface area (Å²) >= 11 is 1.50. The fourth-order valence-corrected chi connectivity index (χ4v) is 7.60. The van der Waals surface area contributed by atoms with Gasteiger partial charge in [-0.1, -0.05) is 6.42 Å². The average molecular weight is 506 g/mol. The zero-order valence-corrected chi connectivity index (χ0v) is 21.2. The van der Waals surface area contributed by atoms with Gasteiger partial charge < -0.3 is 15.1 Å². The van der Waals surface area contributed by atoms with Crippen LogP contribution in [0.5, 0.6) is 0 Å². The van der Waals surface area contributed by atoms with E-state index in [2.05, 4.69) is 43.2 Å². The number of hydrogen-bond donors (Lipinski definition) is 1. The molecule has 3 aromatic heterocycles. The van der Waals surface area contributed by atoms with Crippen LogP contribution in [0.15, 0.2) is 30.6 Å². The van der Waals surface area contributed by atoms with Gasteiger partial charge in [0.1, 0.15) is 11.5 Å². The summed E-state index contributed by atoms with van der Waals surface area (Å²) < 4.78 is 14.9. The average Bonchev–Trinajstić information content (AvgIpc) is 3.32. The third-order valence-electron chi connectivity index (χ3n) is 8.53. The Morgan fingerprint density at radius 3 is 2.61 bits per heavy atom. The molecule has 1 saturated carbocycles. The number of fused-ring (bicyclic) bond motifs is 4. The summed E-state index contributed by atoms with van der Waals surface area (Å²) in [5.74, 6) is 0.381. The van der Waals surface area contributed by atoms with Gasteiger partial charge in [0.15, 0.2) is 5.82 Å². The highest BCUT2D eigenvalue weighted by Gasteiger charge is 2.48. The molecular formula is C26H28FN7OS. The lowest BCUT2D eigenvalue weighted by molar-refractivity contribution is 0.0264. The number of thiophene rings is 1. The molecule has 8 rings (SSSR count). The van der Waals surface area contributed by atoms with Gasteiger partial charge in [-0.05, 0) is 44.5 Å². The number of halogens is 1. The van der Waals surface area contributed by atoms with E-state index in [9.17, 15) is 9.18 Å². The predicted octanol–water partition coefficient (Wildman–Crippen LogP) is 3.88. The van der Waals surface area contributed by atoms with Crippen molar-refractivity contribution in [1.82, 2.24) is 24.8 Å². The van der Waals surface area contributed by atoms with E-state index in [0.29, 0.717) is 28.3 Å². The molecule has 10 heteroatoms. The number of nitrogens with one attached hydrogen (secondary N) is 1. The standard InChI is InChI=1S/C26H28FN7OS/c1-32-14-26(6-3-7-26)23-18(24(32)35)9-20(36-23)22-19(27)11-29-25(31-22)30-21-5-4-15(10-28-21)34-12-16-8-17(13-34)33(16)2/h4-5,9-11,16-17H,3,6-8,12-14H2,1-2H3,(H,28,29,30,31). The highest BCUT2D eigenvalue weighted by atomic mass is 32.1. The first kappa shape index (κ1) is 22.1. The van der Waals surface area contributed by atoms with Crippen LogP contribution in [0.4, 0.5) is 21.8 Å². The molecule has 1 spiro atoms. The lowest BCUT2D eigenvalue weighted by Gasteiger charge is -2.55. The maximum absolute atomic E-state index is 14.9. The van der Waals surface area contributed by atoms with Gasteiger partial charge in [-0.3, -0.25) is 9.69 Å². The molecule has 4 aliphatic heterocycles. The summed E-state index contributed by atoms with van der Waals surface area (Å²) in [6.45, 7) is 2.78. The molecule has 0 aromatic carbocycles. The van der Waals surface area contributed by atoms with Gasteiger partial charge in [0.2, 0.25) is 5.95 Å². The zero-order valence-electron chi connectivity index (χ0n) is 20.4. The van der Waals surface area contributed by atoms with E-state index in [1.54, 1.807) is 11.0 Å². The minimum Gasteiger partial charge on any atom is -0.367 e. The Bertz CT molecular complexity index is 1340. The van der Waals surface area contributed by atoms with Crippen molar-refractivity contribution in [3.05, 3.63) is 46.9 Å². The number of anilines is 3. The maximum atomic E-state index is 14.9. The maximum Gasteiger partial charge on any atom is 0.254 e. The number of aromatic nitrogens is 3. The number of rotatable bonds is 4. The van der Waals surface area contributed by atoms with Crippen LogP contribution < -0.4 is 10.2 Å². The van der Waals surface area contributed by atoms with Gasteiger partial charge >= 0.3 is 0 Å². The summed E-state index contributed by atoms with van der Waals surface area (Å²) in [5, 5.41) is 3.11. The van der Waals surface area contributed by atoms with Crippen LogP contribution in [0, 0.1) is 5.82 Å². The number of hydrogen-bond acceptors (Lipinski definition) is 8. The molecule has 8 nitrogen and oxygen atoms in total. The molecule has 7 heterocycles. The molecule has 2 unspecified atom stereocenters. The summed E-state index contributed by atoms with van der Waals surface area (Å²) in [6, 6.07) is 7.03. The molecule has 1 amide bonds. The molecule has 3 saturated heterocycles. The summed E-state index contributed by atoms with van der Waals surface area (Å²) in [4.78, 5) is 34.4. The summed E-state index contributed by atoms with van der Waals surface area (Å²) in [6.07, 6.45) is 7.61. The van der Waals surface area contributed by atoms with Crippen molar-refractivity contribution in [2.45, 2.75) is 43.2 Å². The van der Waals surface area contributed by atoms with Gasteiger partial charge in [0.25, 0.3) is 5.91 Å². The first-order valence-electron chi connectivity index (χ1n) is 12.5. The Labute approximate surface area is 213 Å². The molecule has 36 heavy (non-hydrogen) atoms. The number of piperazine rings is 1. The fraction of sp³-hybridized carbons (Fsp3) is 0.462. The number of pyridine rings is 1. The van der Waals surface area contributed by atoms with Gasteiger partial charge in [-0.2, -0.15) is 0 Å². The van der Waals surface area contributed by atoms with Crippen molar-refractivity contribution in [3.8, 4) is 10.6 Å². The monoisotopic (exact) mass is 505 g/mol. The Morgan fingerprint density at radius 1 is 1.14 bits per heavy atom. The summed E-state index contributed by atoms with van der Waals surface area (Å²) in [7, 11) is 4.05. The topological polar surface area (TPSA) is 77.5 Å². The van der Waals surface area contributed by atoms with Crippen LogP contribution in [-0.4, -0.2) is 76.5 Å². The quantitative estimate of drug-likeness (QED) is 0.577. The van der Waals surface area contributed by atoms with E-state index >= 15 is 0 Å². The number of piperidine rings is 1. The second-order valence-corrected chi connectivity index (χ2v) is 11.7. The first-order valence-corrected chi connectivity index (χ1v) is 13.3. The van der Waals surface area contributed by atoms with Crippen molar-refractivity contribution in [2.24, 2.45) is 0 Å². The van der Waals surface area contributed by atoms with Crippen LogP contribution in [0.25, 0.3) is 10.6 Å². The Hall–Kier alpha value is -3.11. The number of nitrogens with zero attached hydrogens (tertiary/aromatic N) is 6. The van der Waals surface area contributed by atoms with E-state index in [4.69, 9.17) is 0 Å². The zero-order chi connectivity index (χ0) is 24.6. The normalized spacial score (nSPS) is 24.4. The molecule has 1 aliphatic carbocycles. The molecule has 5 aliphatic rings. The van der Waals surface area contributed by atoms with Crippen molar-refractivity contribution in [3.63, 3.8) is 0 Å². The molecule has 1 N–H and O–H groups in total. The van der Waals surface area contributed by atoms with E-state index in [-0.39, 0.29) is 23.0 Å². The molecule has 186 valence electrons. The summed E-state index contributed by atoms with van der Waals surface area (Å²) in [5.41, 5.74) is 2.02. The number of likely N-dealkylation sites (N-methyl/N-ethyl adjacent to an activating group) is 2. The molecule has 2 bridgehead atoms. The number of carbonyl (C=O) groups excluding carboxylic acids is 1. The van der Waals surface area contributed by atoms with E-state index in [0.717, 1.165) is 49.5 Å². The minimum atomic E-state index is -0.500. The first-order chi connectivity index (χ1) is 17.4. The number of amides is 1. The minimum absolute atomic E-state index is 0.000203. The van der Waals surface area contributed by atoms with Crippen molar-refractivity contribution >= 4 is 34.7 Å². The highest BCUT2D eigenvalue weighted by Crippen LogP contribution is 2.52. The van der Waals surface area contributed by atoms with Gasteiger partial charge in [0.05, 0.1) is 28.5 Å². The Kier molecular flexibility index (Phi) is 4.88. The van der Waals surface area contributed by atoms with Crippen LogP contribution >= 0.6 is 11.3 Å². The van der Waals surface area contributed by atoms with E-state index in [1.807, 2.05) is 19.3 Å². The van der Waals surface area contributed by atoms with Crippen molar-refractivity contribution in [1.29, 1.82) is 0 Å². The van der Waals surface area contributed by atoms with E-state index in [1.165, 1.54) is 24.0 Å². The van der Waals surface area contributed by atoms with Crippen LogP contribution in [0.3, 0.4) is 0 Å². The van der Waals surface area contributed by atoms with Crippen LogP contribution in [0.2, 0.25) is 0 Å². The third-order valence-corrected chi connectivity index (χ3v) is 9.92. The lowest BCUT2D eigenvalue weighted by atomic mass is 9.65. The second-order valence-electron chi connectivity index (χ2n) is 10.7. The highest BCUT2D eigenvalue weighted by molar-refractivity contribution is 7.16.